The number of hydrogen-bond acceptors (Lipinski definition) is 3. The number of fused-ring (bicyclic) bond motifs is 1. The monoisotopic (exact) mass is 463 g/mol. The minimum atomic E-state index is -4.38. The van der Waals surface area contributed by atoms with Crippen molar-refractivity contribution in [2.45, 2.75) is 24.0 Å². The molecular weight excluding hydrogens is 443 g/mol. The number of rotatable bonds is 4. The summed E-state index contributed by atoms with van der Waals surface area (Å²) in [6, 6.07) is 13.2. The highest BCUT2D eigenvalue weighted by molar-refractivity contribution is 7.80. The molecule has 0 unspecified atom stereocenters. The molecule has 2 aromatic carbocycles. The van der Waals surface area contributed by atoms with Gasteiger partial charge < -0.3 is 10.3 Å². The van der Waals surface area contributed by atoms with Crippen molar-refractivity contribution in [3.63, 3.8) is 0 Å². The van der Waals surface area contributed by atoms with Gasteiger partial charge in [-0.1, -0.05) is 29.8 Å². The fourth-order valence-corrected chi connectivity index (χ4v) is 3.52. The van der Waals surface area contributed by atoms with Crippen LogP contribution >= 0.6 is 24.2 Å². The van der Waals surface area contributed by atoms with Crippen LogP contribution in [-0.4, -0.2) is 17.0 Å². The molecule has 0 atom stereocenters. The normalized spacial score (nSPS) is 11.3. The lowest BCUT2D eigenvalue weighted by atomic mass is 10.0. The van der Waals surface area contributed by atoms with Crippen molar-refractivity contribution in [1.29, 1.82) is 0 Å². The van der Waals surface area contributed by atoms with Crippen LogP contribution in [-0.2, 0) is 19.1 Å². The van der Waals surface area contributed by atoms with E-state index in [1.165, 1.54) is 11.6 Å². The van der Waals surface area contributed by atoms with E-state index in [9.17, 15) is 13.2 Å². The van der Waals surface area contributed by atoms with E-state index in [0.717, 1.165) is 40.0 Å². The van der Waals surface area contributed by atoms with Gasteiger partial charge in [-0.05, 0) is 60.5 Å². The van der Waals surface area contributed by atoms with E-state index in [1.54, 1.807) is 12.4 Å². The molecule has 0 aliphatic carbocycles. The topological polar surface area (TPSA) is 40.7 Å². The molecule has 162 valence electrons. The molecule has 0 aliphatic heterocycles. The zero-order chi connectivity index (χ0) is 22.4. The Morgan fingerprint density at radius 2 is 1.90 bits per heavy atom. The van der Waals surface area contributed by atoms with Crippen LogP contribution in [0.15, 0.2) is 72.0 Å². The van der Waals surface area contributed by atoms with E-state index in [-0.39, 0.29) is 5.02 Å². The van der Waals surface area contributed by atoms with Crippen LogP contribution < -0.4 is 5.32 Å². The van der Waals surface area contributed by atoms with Crippen molar-refractivity contribution in [3.8, 4) is 0 Å². The van der Waals surface area contributed by atoms with Gasteiger partial charge in [0.1, 0.15) is 0 Å². The summed E-state index contributed by atoms with van der Waals surface area (Å²) in [7, 11) is 1.89. The Labute approximate surface area is 189 Å². The number of thiol groups is 1. The second kappa shape index (κ2) is 10.2. The molecule has 8 heteroatoms. The zero-order valence-electron chi connectivity index (χ0n) is 16.7. The first-order valence-corrected chi connectivity index (χ1v) is 10.3. The molecule has 3 nitrogen and oxygen atoms in total. The minimum absolute atomic E-state index is 0.132. The van der Waals surface area contributed by atoms with E-state index >= 15 is 0 Å². The number of pyridine rings is 1. The van der Waals surface area contributed by atoms with Crippen LogP contribution in [0.25, 0.3) is 10.9 Å². The molecule has 0 saturated carbocycles. The summed E-state index contributed by atoms with van der Waals surface area (Å²) >= 11 is 10.1. The van der Waals surface area contributed by atoms with Gasteiger partial charge in [-0.25, -0.2) is 0 Å². The second-order valence-corrected chi connectivity index (χ2v) is 7.84. The SMILES string of the molecule is CNCc1c[nH]c2cc(Cc3ccc(C(F)(F)F)cc3Cl)ccc12.Sc1cccnc1. The number of benzene rings is 2. The molecule has 0 amide bonds. The molecule has 0 fully saturated rings. The average molecular weight is 464 g/mol. The van der Waals surface area contributed by atoms with E-state index in [0.29, 0.717) is 12.0 Å². The predicted molar refractivity (Wildman–Crippen MR) is 122 cm³/mol. The number of halogens is 4. The lowest BCUT2D eigenvalue weighted by Crippen LogP contribution is -2.05. The van der Waals surface area contributed by atoms with Gasteiger partial charge in [0, 0.05) is 46.0 Å². The van der Waals surface area contributed by atoms with E-state index in [2.05, 4.69) is 27.9 Å². The molecule has 0 saturated heterocycles. The maximum Gasteiger partial charge on any atom is 0.416 e. The molecule has 2 heterocycles. The van der Waals surface area contributed by atoms with Crippen LogP contribution in [0.4, 0.5) is 13.2 Å². The highest BCUT2D eigenvalue weighted by Gasteiger charge is 2.30. The number of nitrogens with one attached hydrogen (secondary N) is 2. The molecule has 2 N–H and O–H groups in total. The number of aromatic amines is 1. The molecule has 0 spiro atoms. The Bertz CT molecular complexity index is 1140. The van der Waals surface area contributed by atoms with Gasteiger partial charge in [0.2, 0.25) is 0 Å². The molecule has 4 aromatic rings. The van der Waals surface area contributed by atoms with Crippen molar-refractivity contribution < 1.29 is 13.2 Å². The van der Waals surface area contributed by atoms with E-state index < -0.39 is 11.7 Å². The molecule has 2 aromatic heterocycles. The largest absolute Gasteiger partial charge is 0.416 e. The van der Waals surface area contributed by atoms with Crippen molar-refractivity contribution in [2.75, 3.05) is 7.05 Å². The van der Waals surface area contributed by atoms with Gasteiger partial charge in [0.15, 0.2) is 0 Å². The maximum atomic E-state index is 12.7. The molecule has 0 radical (unpaired) electrons. The summed E-state index contributed by atoms with van der Waals surface area (Å²) in [6.45, 7) is 0.768. The van der Waals surface area contributed by atoms with Gasteiger partial charge in [-0.15, -0.1) is 12.6 Å². The standard InChI is InChI=1S/C18H16ClF3N2.C5H5NS/c1-23-9-13-10-24-17-7-11(2-5-15(13)17)6-12-3-4-14(8-16(12)19)18(20,21)22;7-5-2-1-3-6-4-5/h2-5,7-8,10,23-24H,6,9H2,1H3;1-4,7H. The van der Waals surface area contributed by atoms with Crippen LogP contribution in [0.3, 0.4) is 0 Å². The van der Waals surface area contributed by atoms with E-state index in [4.69, 9.17) is 11.6 Å². The van der Waals surface area contributed by atoms with Gasteiger partial charge in [0.05, 0.1) is 5.56 Å². The highest BCUT2D eigenvalue weighted by Crippen LogP contribution is 2.33. The number of hydrogen-bond donors (Lipinski definition) is 3. The predicted octanol–water partition coefficient (Wildman–Crippen LogP) is 6.52. The lowest BCUT2D eigenvalue weighted by Gasteiger charge is -2.10. The molecular formula is C23H21ClF3N3S. The van der Waals surface area contributed by atoms with Gasteiger partial charge in [-0.2, -0.15) is 13.2 Å². The number of nitrogens with zero attached hydrogens (tertiary/aromatic N) is 1. The third-order valence-corrected chi connectivity index (χ3v) is 5.24. The third kappa shape index (κ3) is 6.26. The Kier molecular flexibility index (Phi) is 7.64. The van der Waals surface area contributed by atoms with Gasteiger partial charge in [-0.3, -0.25) is 4.98 Å². The third-order valence-electron chi connectivity index (χ3n) is 4.62. The van der Waals surface area contributed by atoms with E-state index in [1.807, 2.05) is 43.6 Å². The Hall–Kier alpha value is -2.48. The van der Waals surface area contributed by atoms with Crippen LogP contribution in [0.2, 0.25) is 5.02 Å². The summed E-state index contributed by atoms with van der Waals surface area (Å²) in [5.74, 6) is 0. The summed E-state index contributed by atoms with van der Waals surface area (Å²) < 4.78 is 38.1. The fraction of sp³-hybridized carbons (Fsp3) is 0.174. The number of H-pyrrole nitrogens is 1. The average Bonchev–Trinajstić information content (AvgIpc) is 3.12. The van der Waals surface area contributed by atoms with Crippen molar-refractivity contribution in [1.82, 2.24) is 15.3 Å². The summed E-state index contributed by atoms with van der Waals surface area (Å²) in [5.41, 5.74) is 3.10. The highest BCUT2D eigenvalue weighted by atomic mass is 35.5. The first-order valence-electron chi connectivity index (χ1n) is 9.46. The van der Waals surface area contributed by atoms with Crippen LogP contribution in [0, 0.1) is 0 Å². The molecule has 4 rings (SSSR count). The number of aromatic nitrogens is 2. The van der Waals surface area contributed by atoms with Crippen molar-refractivity contribution >= 4 is 35.1 Å². The summed E-state index contributed by atoms with van der Waals surface area (Å²) in [5, 5.41) is 4.38. The zero-order valence-corrected chi connectivity index (χ0v) is 18.3. The van der Waals surface area contributed by atoms with Gasteiger partial charge in [0.25, 0.3) is 0 Å². The van der Waals surface area contributed by atoms with Crippen molar-refractivity contribution in [2.24, 2.45) is 0 Å². The molecule has 0 aliphatic rings. The first kappa shape index (κ1) is 23.2. The lowest BCUT2D eigenvalue weighted by molar-refractivity contribution is -0.137. The second-order valence-electron chi connectivity index (χ2n) is 6.92. The molecule has 0 bridgehead atoms. The maximum absolute atomic E-state index is 12.7. The van der Waals surface area contributed by atoms with Crippen LogP contribution in [0.1, 0.15) is 22.3 Å². The molecule has 31 heavy (non-hydrogen) atoms. The van der Waals surface area contributed by atoms with Crippen LogP contribution in [0.5, 0.6) is 0 Å². The quantitative estimate of drug-likeness (QED) is 0.301. The fourth-order valence-electron chi connectivity index (χ4n) is 3.12. The first-order chi connectivity index (χ1) is 14.8. The minimum Gasteiger partial charge on any atom is -0.361 e. The smallest absolute Gasteiger partial charge is 0.361 e. The van der Waals surface area contributed by atoms with Crippen molar-refractivity contribution in [3.05, 3.63) is 94.4 Å². The van der Waals surface area contributed by atoms with Gasteiger partial charge >= 0.3 is 6.18 Å². The Morgan fingerprint density at radius 3 is 2.48 bits per heavy atom. The Balaban J connectivity index is 0.000000330. The Morgan fingerprint density at radius 1 is 1.10 bits per heavy atom. The summed E-state index contributed by atoms with van der Waals surface area (Å²) in [4.78, 5) is 7.93. The summed E-state index contributed by atoms with van der Waals surface area (Å²) in [6.07, 6.45) is 1.47. The number of alkyl halides is 3.